The van der Waals surface area contributed by atoms with Crippen molar-refractivity contribution in [3.63, 3.8) is 0 Å². The summed E-state index contributed by atoms with van der Waals surface area (Å²) in [4.78, 5) is 0. The molecular formula is C56H34OS. The molecule has 1 nitrogen and oxygen atoms in total. The van der Waals surface area contributed by atoms with Crippen LogP contribution in [0.25, 0.3) is 107 Å². The molecule has 2 heteroatoms. The SMILES string of the molecule is C1=CC2Oc3c(ccc4ccc5sc6cc(-c7ccc8cc(-c9c%10ccccc%10c(-c%10cccc%11ccccc%10%11)c%10ccccc9%10)ccc8c7)ccc6c5c34)C2C=C1. The molecule has 2 unspecified atom stereocenters. The lowest BCUT2D eigenvalue weighted by Crippen LogP contribution is -2.15. The predicted molar refractivity (Wildman–Crippen MR) is 249 cm³/mol. The van der Waals surface area contributed by atoms with Crippen molar-refractivity contribution >= 4 is 85.4 Å². The molecule has 0 spiro atoms. The van der Waals surface area contributed by atoms with Gasteiger partial charge in [-0.2, -0.15) is 0 Å². The number of hydrogen-bond donors (Lipinski definition) is 0. The van der Waals surface area contributed by atoms with Crippen LogP contribution in [0.15, 0.2) is 194 Å². The molecule has 2 aliphatic rings. The standard InChI is InChI=1S/C56H34OS/c1-2-12-40-33(10-1)11-9-18-42(40)54-45-16-5-3-14-43(45)52(44-15-4-6-17-46(44)54)39-23-22-35-30-36(20-21-37(35)31-39)38-25-28-48-51(32-38)58-50-29-26-34-24-27-47-41-13-7-8-19-49(41)57-56(47)53(34)55(48)50/h1-32,41,49H. The van der Waals surface area contributed by atoms with E-state index in [-0.39, 0.29) is 12.0 Å². The number of fused-ring (bicyclic) bond motifs is 13. The van der Waals surface area contributed by atoms with Crippen molar-refractivity contribution in [3.8, 4) is 39.1 Å². The molecule has 1 aromatic heterocycles. The van der Waals surface area contributed by atoms with Crippen molar-refractivity contribution < 1.29 is 4.74 Å². The third-order valence-corrected chi connectivity index (χ3v) is 13.9. The minimum atomic E-state index is 0.0707. The number of thiophene rings is 1. The molecule has 2 heterocycles. The normalized spacial score (nSPS) is 15.9. The highest BCUT2D eigenvalue weighted by molar-refractivity contribution is 7.26. The minimum absolute atomic E-state index is 0.0707. The second kappa shape index (κ2) is 12.2. The highest BCUT2D eigenvalue weighted by Gasteiger charge is 2.34. The summed E-state index contributed by atoms with van der Waals surface area (Å²) < 4.78 is 9.27. The minimum Gasteiger partial charge on any atom is -0.484 e. The second-order valence-electron chi connectivity index (χ2n) is 15.9. The molecule has 0 radical (unpaired) electrons. The Morgan fingerprint density at radius 2 is 1.02 bits per heavy atom. The Bertz CT molecular complexity index is 3560. The molecule has 58 heavy (non-hydrogen) atoms. The van der Waals surface area contributed by atoms with Crippen molar-refractivity contribution in [2.24, 2.45) is 0 Å². The summed E-state index contributed by atoms with van der Waals surface area (Å²) in [7, 11) is 0. The number of benzene rings is 10. The lowest BCUT2D eigenvalue weighted by molar-refractivity contribution is 0.271. The summed E-state index contributed by atoms with van der Waals surface area (Å²) in [6.07, 6.45) is 8.79. The molecule has 1 aliphatic heterocycles. The first kappa shape index (κ1) is 32.1. The van der Waals surface area contributed by atoms with Crippen LogP contribution < -0.4 is 4.74 Å². The third kappa shape index (κ3) is 4.64. The summed E-state index contributed by atoms with van der Waals surface area (Å²) in [5.41, 5.74) is 8.84. The maximum atomic E-state index is 6.67. The topological polar surface area (TPSA) is 9.23 Å². The third-order valence-electron chi connectivity index (χ3n) is 12.8. The summed E-state index contributed by atoms with van der Waals surface area (Å²) >= 11 is 1.88. The molecule has 1 aliphatic carbocycles. The zero-order chi connectivity index (χ0) is 37.9. The highest BCUT2D eigenvalue weighted by atomic mass is 32.1. The fourth-order valence-corrected chi connectivity index (χ4v) is 11.3. The fourth-order valence-electron chi connectivity index (χ4n) is 10.1. The molecule has 13 rings (SSSR count). The van der Waals surface area contributed by atoms with Gasteiger partial charge >= 0.3 is 0 Å². The van der Waals surface area contributed by atoms with Gasteiger partial charge in [-0.05, 0) is 112 Å². The van der Waals surface area contributed by atoms with Crippen LogP contribution >= 0.6 is 11.3 Å². The first-order valence-corrected chi connectivity index (χ1v) is 21.0. The van der Waals surface area contributed by atoms with Gasteiger partial charge in [-0.25, -0.2) is 0 Å². The first-order chi connectivity index (χ1) is 28.7. The monoisotopic (exact) mass is 754 g/mol. The van der Waals surface area contributed by atoms with Crippen LogP contribution in [0.1, 0.15) is 11.5 Å². The van der Waals surface area contributed by atoms with Gasteiger partial charge in [0.15, 0.2) is 0 Å². The predicted octanol–water partition coefficient (Wildman–Crippen LogP) is 15.8. The van der Waals surface area contributed by atoms with Gasteiger partial charge in [0.25, 0.3) is 0 Å². The van der Waals surface area contributed by atoms with Gasteiger partial charge in [-0.3, -0.25) is 0 Å². The number of allylic oxidation sites excluding steroid dienone is 2. The average molecular weight is 755 g/mol. The van der Waals surface area contributed by atoms with Crippen LogP contribution in [0.2, 0.25) is 0 Å². The Balaban J connectivity index is 0.928. The molecule has 0 saturated carbocycles. The molecule has 270 valence electrons. The molecule has 0 bridgehead atoms. The molecule has 0 fully saturated rings. The van der Waals surface area contributed by atoms with E-state index in [2.05, 4.69) is 194 Å². The molecular weight excluding hydrogens is 721 g/mol. The van der Waals surface area contributed by atoms with E-state index in [0.29, 0.717) is 0 Å². The zero-order valence-electron chi connectivity index (χ0n) is 31.4. The van der Waals surface area contributed by atoms with Gasteiger partial charge in [0.05, 0.1) is 0 Å². The van der Waals surface area contributed by atoms with Gasteiger partial charge < -0.3 is 4.74 Å². The first-order valence-electron chi connectivity index (χ1n) is 20.1. The Morgan fingerprint density at radius 1 is 0.397 bits per heavy atom. The van der Waals surface area contributed by atoms with E-state index in [1.807, 2.05) is 11.3 Å². The fraction of sp³-hybridized carbons (Fsp3) is 0.0357. The van der Waals surface area contributed by atoms with E-state index in [1.54, 1.807) is 0 Å². The Morgan fingerprint density at radius 3 is 1.83 bits per heavy atom. The van der Waals surface area contributed by atoms with Crippen molar-refractivity contribution in [1.82, 2.24) is 0 Å². The van der Waals surface area contributed by atoms with E-state index >= 15 is 0 Å². The van der Waals surface area contributed by atoms with Crippen molar-refractivity contribution in [2.75, 3.05) is 0 Å². The quantitative estimate of drug-likeness (QED) is 0.163. The maximum Gasteiger partial charge on any atom is 0.132 e. The zero-order valence-corrected chi connectivity index (χ0v) is 32.3. The van der Waals surface area contributed by atoms with E-state index in [0.717, 1.165) is 5.75 Å². The van der Waals surface area contributed by atoms with Crippen molar-refractivity contribution in [1.29, 1.82) is 0 Å². The van der Waals surface area contributed by atoms with Crippen LogP contribution in [0.4, 0.5) is 0 Å². The van der Waals surface area contributed by atoms with Gasteiger partial charge in [-0.1, -0.05) is 164 Å². The number of rotatable bonds is 3. The maximum absolute atomic E-state index is 6.67. The second-order valence-corrected chi connectivity index (χ2v) is 16.9. The van der Waals surface area contributed by atoms with E-state index < -0.39 is 0 Å². The van der Waals surface area contributed by atoms with Gasteiger partial charge in [0.1, 0.15) is 11.9 Å². The van der Waals surface area contributed by atoms with Gasteiger partial charge in [0.2, 0.25) is 0 Å². The van der Waals surface area contributed by atoms with E-state index in [1.165, 1.54) is 113 Å². The molecule has 10 aromatic carbocycles. The molecule has 0 saturated heterocycles. The summed E-state index contributed by atoms with van der Waals surface area (Å²) in [5, 5.41) is 15.2. The average Bonchev–Trinajstić information content (AvgIpc) is 3.86. The Hall–Kier alpha value is -7.00. The van der Waals surface area contributed by atoms with Crippen LogP contribution in [0.5, 0.6) is 5.75 Å². The summed E-state index contributed by atoms with van der Waals surface area (Å²) in [5.74, 6) is 1.33. The van der Waals surface area contributed by atoms with E-state index in [9.17, 15) is 0 Å². The lowest BCUT2D eigenvalue weighted by atomic mass is 9.84. The largest absolute Gasteiger partial charge is 0.484 e. The van der Waals surface area contributed by atoms with Gasteiger partial charge in [0, 0.05) is 37.0 Å². The van der Waals surface area contributed by atoms with Gasteiger partial charge in [-0.15, -0.1) is 11.3 Å². The molecule has 0 N–H and O–H groups in total. The molecule has 11 aromatic rings. The smallest absolute Gasteiger partial charge is 0.132 e. The highest BCUT2D eigenvalue weighted by Crippen LogP contribution is 2.50. The van der Waals surface area contributed by atoms with E-state index in [4.69, 9.17) is 4.74 Å². The van der Waals surface area contributed by atoms with Crippen LogP contribution in [0.3, 0.4) is 0 Å². The molecule has 2 atom stereocenters. The van der Waals surface area contributed by atoms with Crippen LogP contribution in [0, 0.1) is 0 Å². The number of ether oxygens (including phenoxy) is 1. The lowest BCUT2D eigenvalue weighted by Gasteiger charge is -2.19. The number of hydrogen-bond acceptors (Lipinski definition) is 2. The van der Waals surface area contributed by atoms with Crippen molar-refractivity contribution in [2.45, 2.75) is 12.0 Å². The van der Waals surface area contributed by atoms with Crippen LogP contribution in [-0.2, 0) is 0 Å². The van der Waals surface area contributed by atoms with Crippen LogP contribution in [-0.4, -0.2) is 6.10 Å². The summed E-state index contributed by atoms with van der Waals surface area (Å²) in [6.45, 7) is 0. The molecule has 0 amide bonds. The summed E-state index contributed by atoms with van der Waals surface area (Å²) in [6, 6.07) is 63.4. The Labute approximate surface area is 339 Å². The van der Waals surface area contributed by atoms with Crippen molar-refractivity contribution in [3.05, 3.63) is 200 Å². The Kier molecular flexibility index (Phi) is 6.78.